The molecule has 1 amide bonds. The molecule has 0 radical (unpaired) electrons. The molecular formula is C23H23F6NO5S. The summed E-state index contributed by atoms with van der Waals surface area (Å²) in [5.74, 6) is -2.72. The van der Waals surface area contributed by atoms with Crippen molar-refractivity contribution < 1.29 is 49.0 Å². The fraction of sp³-hybridized carbons (Fsp3) is 0.435. The molecule has 36 heavy (non-hydrogen) atoms. The molecule has 0 spiro atoms. The smallest absolute Gasteiger partial charge is 0.406 e. The van der Waals surface area contributed by atoms with Gasteiger partial charge in [-0.3, -0.25) is 4.79 Å². The first-order valence-corrected chi connectivity index (χ1v) is 12.5. The van der Waals surface area contributed by atoms with Gasteiger partial charge in [0.25, 0.3) is 5.91 Å². The summed E-state index contributed by atoms with van der Waals surface area (Å²) in [5.41, 5.74) is -0.232. The van der Waals surface area contributed by atoms with Crippen molar-refractivity contribution in [3.63, 3.8) is 0 Å². The normalized spacial score (nSPS) is 16.5. The summed E-state index contributed by atoms with van der Waals surface area (Å²) < 4.78 is 109. The lowest BCUT2D eigenvalue weighted by molar-refractivity contribution is -0.275. The highest BCUT2D eigenvalue weighted by atomic mass is 32.2. The highest BCUT2D eigenvalue weighted by Crippen LogP contribution is 2.32. The summed E-state index contributed by atoms with van der Waals surface area (Å²) in [4.78, 5) is 13.9. The van der Waals surface area contributed by atoms with E-state index in [1.807, 2.05) is 0 Å². The van der Waals surface area contributed by atoms with E-state index in [0.717, 1.165) is 24.3 Å². The van der Waals surface area contributed by atoms with Crippen LogP contribution in [-0.4, -0.2) is 50.8 Å². The van der Waals surface area contributed by atoms with Crippen molar-refractivity contribution in [2.45, 2.75) is 37.4 Å². The van der Waals surface area contributed by atoms with Crippen LogP contribution in [0.3, 0.4) is 0 Å². The van der Waals surface area contributed by atoms with E-state index in [9.17, 15) is 39.6 Å². The molecule has 0 aliphatic carbocycles. The van der Waals surface area contributed by atoms with Gasteiger partial charge in [-0.2, -0.15) is 0 Å². The number of nitrogens with zero attached hydrogens (tertiary/aromatic N) is 1. The molecule has 0 saturated carbocycles. The fourth-order valence-electron chi connectivity index (χ4n) is 4.14. The summed E-state index contributed by atoms with van der Waals surface area (Å²) in [6.07, 6.45) is -9.10. The minimum atomic E-state index is -4.96. The van der Waals surface area contributed by atoms with Gasteiger partial charge in [-0.25, -0.2) is 8.42 Å². The van der Waals surface area contributed by atoms with Gasteiger partial charge < -0.3 is 14.4 Å². The topological polar surface area (TPSA) is 72.9 Å². The Bertz CT molecular complexity index is 1170. The first-order valence-electron chi connectivity index (χ1n) is 10.9. The van der Waals surface area contributed by atoms with Gasteiger partial charge in [0.15, 0.2) is 9.84 Å². The van der Waals surface area contributed by atoms with Crippen molar-refractivity contribution >= 4 is 15.7 Å². The summed E-state index contributed by atoms with van der Waals surface area (Å²) >= 11 is 0. The molecule has 198 valence electrons. The number of amides is 1. The van der Waals surface area contributed by atoms with E-state index in [1.54, 1.807) is 6.92 Å². The van der Waals surface area contributed by atoms with Crippen molar-refractivity contribution in [2.75, 3.05) is 18.8 Å². The van der Waals surface area contributed by atoms with Gasteiger partial charge in [0.05, 0.1) is 16.2 Å². The van der Waals surface area contributed by atoms with Crippen LogP contribution in [0.5, 0.6) is 11.5 Å². The maximum Gasteiger partial charge on any atom is 0.573 e. The Morgan fingerprint density at radius 3 is 2.19 bits per heavy atom. The van der Waals surface area contributed by atoms with Gasteiger partial charge in [0.1, 0.15) is 11.5 Å². The first-order chi connectivity index (χ1) is 16.6. The Kier molecular flexibility index (Phi) is 8.11. The minimum Gasteiger partial charge on any atom is -0.406 e. The second kappa shape index (κ2) is 10.6. The summed E-state index contributed by atoms with van der Waals surface area (Å²) in [7, 11) is -3.93. The van der Waals surface area contributed by atoms with Gasteiger partial charge in [-0.15, -0.1) is 26.3 Å². The van der Waals surface area contributed by atoms with E-state index < -0.39 is 40.0 Å². The second-order valence-electron chi connectivity index (χ2n) is 8.45. The molecule has 1 fully saturated rings. The average molecular weight is 539 g/mol. The number of benzene rings is 2. The van der Waals surface area contributed by atoms with Gasteiger partial charge in [0, 0.05) is 13.1 Å². The van der Waals surface area contributed by atoms with Crippen LogP contribution in [0.4, 0.5) is 26.3 Å². The number of sulfone groups is 1. The van der Waals surface area contributed by atoms with Crippen LogP contribution in [0.1, 0.15) is 30.1 Å². The Morgan fingerprint density at radius 2 is 1.58 bits per heavy atom. The molecule has 1 unspecified atom stereocenters. The SMILES string of the molecule is CC(CS(=O)(=O)c1cccc(OC(F)(F)F)c1)C1CCN(C(=O)c2ccccc2OC(F)(F)F)CC1. The van der Waals surface area contributed by atoms with Gasteiger partial charge in [-0.05, 0) is 55.0 Å². The lowest BCUT2D eigenvalue weighted by Crippen LogP contribution is -2.40. The monoisotopic (exact) mass is 539 g/mol. The number of rotatable bonds is 7. The van der Waals surface area contributed by atoms with E-state index in [2.05, 4.69) is 9.47 Å². The molecule has 6 nitrogen and oxygen atoms in total. The molecule has 1 atom stereocenters. The number of likely N-dealkylation sites (tertiary alicyclic amines) is 1. The zero-order chi connectivity index (χ0) is 26.7. The zero-order valence-electron chi connectivity index (χ0n) is 19.0. The Labute approximate surface area is 203 Å². The number of alkyl halides is 6. The summed E-state index contributed by atoms with van der Waals surface area (Å²) in [6, 6.07) is 9.19. The van der Waals surface area contributed by atoms with Gasteiger partial charge in [-0.1, -0.05) is 25.1 Å². The van der Waals surface area contributed by atoms with Crippen molar-refractivity contribution in [3.05, 3.63) is 54.1 Å². The largest absolute Gasteiger partial charge is 0.573 e. The number of hydrogen-bond acceptors (Lipinski definition) is 5. The molecule has 0 N–H and O–H groups in total. The van der Waals surface area contributed by atoms with E-state index in [1.165, 1.54) is 29.2 Å². The zero-order valence-corrected chi connectivity index (χ0v) is 19.8. The van der Waals surface area contributed by atoms with Crippen molar-refractivity contribution in [2.24, 2.45) is 11.8 Å². The number of ether oxygens (including phenoxy) is 2. The third-order valence-electron chi connectivity index (χ3n) is 5.86. The van der Waals surface area contributed by atoms with Crippen LogP contribution in [0.2, 0.25) is 0 Å². The van der Waals surface area contributed by atoms with Crippen molar-refractivity contribution in [1.29, 1.82) is 0 Å². The second-order valence-corrected chi connectivity index (χ2v) is 10.5. The van der Waals surface area contributed by atoms with Crippen molar-refractivity contribution in [3.8, 4) is 11.5 Å². The Balaban J connectivity index is 1.62. The number of hydrogen-bond donors (Lipinski definition) is 0. The number of halogens is 6. The molecule has 0 aromatic heterocycles. The lowest BCUT2D eigenvalue weighted by atomic mass is 9.86. The molecule has 1 heterocycles. The van der Waals surface area contributed by atoms with Crippen molar-refractivity contribution in [1.82, 2.24) is 4.90 Å². The number of carbonyl (C=O) groups is 1. The van der Waals surface area contributed by atoms with Gasteiger partial charge >= 0.3 is 12.7 Å². The summed E-state index contributed by atoms with van der Waals surface area (Å²) in [5, 5.41) is 0. The molecule has 2 aromatic carbocycles. The van der Waals surface area contributed by atoms with E-state index in [-0.39, 0.29) is 41.1 Å². The van der Waals surface area contributed by atoms with Gasteiger partial charge in [0.2, 0.25) is 0 Å². The fourth-order valence-corrected chi connectivity index (χ4v) is 5.88. The Hall–Kier alpha value is -2.96. The lowest BCUT2D eigenvalue weighted by Gasteiger charge is -2.35. The average Bonchev–Trinajstić information content (AvgIpc) is 2.77. The first kappa shape index (κ1) is 27.6. The molecule has 1 aliphatic rings. The molecule has 13 heteroatoms. The van der Waals surface area contributed by atoms with E-state index in [0.29, 0.717) is 12.8 Å². The number of piperidine rings is 1. The standard InChI is InChI=1S/C23H23F6NO5S/c1-15(14-36(32,33)18-6-4-5-17(13-18)34-22(24,25)26)16-9-11-30(12-10-16)21(31)19-7-2-3-8-20(19)35-23(27,28)29/h2-8,13,15-16H,9-12,14H2,1H3. The predicted octanol–water partition coefficient (Wildman–Crippen LogP) is 5.45. The quantitative estimate of drug-likeness (QED) is 0.438. The van der Waals surface area contributed by atoms with Crippen LogP contribution in [0.15, 0.2) is 53.4 Å². The van der Waals surface area contributed by atoms with Crippen LogP contribution in [-0.2, 0) is 9.84 Å². The molecule has 1 aliphatic heterocycles. The van der Waals surface area contributed by atoms with Crippen LogP contribution in [0, 0.1) is 11.8 Å². The third kappa shape index (κ3) is 7.52. The van der Waals surface area contributed by atoms with Crippen LogP contribution < -0.4 is 9.47 Å². The van der Waals surface area contributed by atoms with E-state index in [4.69, 9.17) is 0 Å². The highest BCUT2D eigenvalue weighted by Gasteiger charge is 2.35. The van der Waals surface area contributed by atoms with E-state index >= 15 is 0 Å². The van der Waals surface area contributed by atoms with Crippen LogP contribution >= 0.6 is 0 Å². The number of para-hydroxylation sites is 1. The molecular weight excluding hydrogens is 516 g/mol. The maximum atomic E-state index is 12.8. The molecule has 1 saturated heterocycles. The van der Waals surface area contributed by atoms with Crippen LogP contribution in [0.25, 0.3) is 0 Å². The third-order valence-corrected chi connectivity index (χ3v) is 7.79. The highest BCUT2D eigenvalue weighted by molar-refractivity contribution is 7.91. The minimum absolute atomic E-state index is 0.125. The Morgan fingerprint density at radius 1 is 0.972 bits per heavy atom. The maximum absolute atomic E-state index is 12.8. The predicted molar refractivity (Wildman–Crippen MR) is 116 cm³/mol. The number of carbonyl (C=O) groups excluding carboxylic acids is 1. The summed E-state index contributed by atoms with van der Waals surface area (Å²) in [6.45, 7) is 2.09. The molecule has 0 bridgehead atoms. The molecule has 3 rings (SSSR count). The molecule has 2 aromatic rings.